The Morgan fingerprint density at radius 1 is 0.667 bits per heavy atom. The first-order valence-electron chi connectivity index (χ1n) is 16.0. The third-order valence-electron chi connectivity index (χ3n) is 8.11. The molecule has 0 saturated carbocycles. The summed E-state index contributed by atoms with van der Waals surface area (Å²) in [5.41, 5.74) is 7.94. The normalized spacial score (nSPS) is 14.6. The first-order chi connectivity index (χ1) is 17.1. The molecule has 0 radical (unpaired) electrons. The molecule has 0 aromatic heterocycles. The van der Waals surface area contributed by atoms with Crippen LogP contribution in [0.1, 0.15) is 142 Å². The van der Waals surface area contributed by atoms with Crippen LogP contribution < -0.4 is 5.73 Å². The maximum atomic E-state index is 6.51. The molecule has 0 fully saturated rings. The number of nitrogens with zero attached hydrogens (tertiary/aromatic N) is 1. The Morgan fingerprint density at radius 2 is 1.14 bits per heavy atom. The topological polar surface area (TPSA) is 26.0 Å². The predicted octanol–water partition coefficient (Wildman–Crippen LogP) is 9.87. The van der Waals surface area contributed by atoms with E-state index in [0.29, 0.717) is 6.04 Å². The van der Waals surface area contributed by atoms with E-state index in [-0.39, 0.29) is 0 Å². The highest BCUT2D eigenvalue weighted by Crippen LogP contribution is 2.46. The summed E-state index contributed by atoms with van der Waals surface area (Å²) in [4.78, 5) is 0. The second kappa shape index (κ2) is 22.9. The summed E-state index contributed by atoms with van der Waals surface area (Å²) in [5.74, 6) is 0. The van der Waals surface area contributed by atoms with Crippen LogP contribution in [-0.4, -0.2) is 63.0 Å². The molecule has 2 atom stereocenters. The number of quaternary nitrogens is 1. The Hall–Kier alpha value is -0.0400. The number of rotatable bonds is 27. The van der Waals surface area contributed by atoms with Crippen molar-refractivity contribution in [2.45, 2.75) is 148 Å². The van der Waals surface area contributed by atoms with Crippen molar-refractivity contribution in [2.75, 3.05) is 46.2 Å². The van der Waals surface area contributed by atoms with E-state index in [2.05, 4.69) is 41.6 Å². The van der Waals surface area contributed by atoms with Crippen LogP contribution in [0, 0.1) is 0 Å². The summed E-state index contributed by atoms with van der Waals surface area (Å²) in [6.45, 7) is 9.20. The monoisotopic (exact) mass is 526 g/mol. The second-order valence-corrected chi connectivity index (χ2v) is 17.2. The second-order valence-electron chi connectivity index (χ2n) is 13.0. The van der Waals surface area contributed by atoms with Gasteiger partial charge in [-0.05, 0) is 50.6 Å². The average molecular weight is 526 g/mol. The molecule has 3 heteroatoms. The summed E-state index contributed by atoms with van der Waals surface area (Å²) >= 11 is 0. The summed E-state index contributed by atoms with van der Waals surface area (Å²) in [7, 11) is 6.87. The largest absolute Gasteiger partial charge is 0.331 e. The minimum Gasteiger partial charge on any atom is -0.331 e. The van der Waals surface area contributed by atoms with Gasteiger partial charge in [-0.25, -0.2) is 0 Å². The molecule has 2 unspecified atom stereocenters. The molecular weight excluding hydrogens is 455 g/mol. The van der Waals surface area contributed by atoms with Crippen LogP contribution >= 0.6 is 6.89 Å². The molecule has 0 spiro atoms. The zero-order valence-electron chi connectivity index (χ0n) is 25.9. The van der Waals surface area contributed by atoms with E-state index in [4.69, 9.17) is 12.0 Å². The molecule has 0 amide bonds. The zero-order chi connectivity index (χ0) is 27.1. The average Bonchev–Trinajstić information content (AvgIpc) is 2.83. The highest BCUT2D eigenvalue weighted by atomic mass is 31.2. The molecule has 0 aromatic rings. The third-order valence-corrected chi connectivity index (χ3v) is 11.9. The van der Waals surface area contributed by atoms with Gasteiger partial charge < -0.3 is 10.2 Å². The molecule has 0 heterocycles. The molecule has 216 valence electrons. The summed E-state index contributed by atoms with van der Waals surface area (Å²) in [5, 5.41) is 0. The number of hydrogen-bond acceptors (Lipinski definition) is 1. The fourth-order valence-corrected chi connectivity index (χ4v) is 7.70. The molecular formula is C33H70N2P+. The Balaban J connectivity index is 3.62. The molecule has 36 heavy (non-hydrogen) atoms. The van der Waals surface area contributed by atoms with Crippen molar-refractivity contribution >= 4 is 13.2 Å². The van der Waals surface area contributed by atoms with Crippen LogP contribution in [0.4, 0.5) is 0 Å². The molecule has 0 aromatic carbocycles. The van der Waals surface area contributed by atoms with Gasteiger partial charge in [0.15, 0.2) is 0 Å². The maximum Gasteiger partial charge on any atom is 0.0783 e. The molecule has 0 rings (SSSR count). The summed E-state index contributed by atoms with van der Waals surface area (Å²) in [6, 6.07) is 0.328. The van der Waals surface area contributed by atoms with Crippen molar-refractivity contribution in [1.29, 1.82) is 0 Å². The van der Waals surface area contributed by atoms with E-state index in [1.807, 2.05) is 0 Å². The molecule has 2 N–H and O–H groups in total. The van der Waals surface area contributed by atoms with Gasteiger partial charge in [0.25, 0.3) is 0 Å². The molecule has 0 bridgehead atoms. The van der Waals surface area contributed by atoms with Gasteiger partial charge in [0.1, 0.15) is 0 Å². The zero-order valence-corrected chi connectivity index (χ0v) is 26.8. The van der Waals surface area contributed by atoms with Gasteiger partial charge in [-0.2, -0.15) is 0 Å². The van der Waals surface area contributed by atoms with E-state index >= 15 is 0 Å². The Bertz CT molecular complexity index is 548. The van der Waals surface area contributed by atoms with Gasteiger partial charge >= 0.3 is 0 Å². The Labute approximate surface area is 229 Å². The van der Waals surface area contributed by atoms with Crippen molar-refractivity contribution in [1.82, 2.24) is 0 Å². The van der Waals surface area contributed by atoms with E-state index < -0.39 is 6.89 Å². The highest BCUT2D eigenvalue weighted by molar-refractivity contribution is 7.73. The maximum absolute atomic E-state index is 6.51. The van der Waals surface area contributed by atoms with Gasteiger partial charge in [0.05, 0.1) is 27.7 Å². The van der Waals surface area contributed by atoms with Crippen molar-refractivity contribution in [2.24, 2.45) is 5.73 Å². The minimum atomic E-state index is -1.05. The predicted molar refractivity (Wildman–Crippen MR) is 172 cm³/mol. The Morgan fingerprint density at radius 3 is 1.58 bits per heavy atom. The van der Waals surface area contributed by atoms with E-state index in [1.165, 1.54) is 140 Å². The van der Waals surface area contributed by atoms with Crippen LogP contribution in [0.2, 0.25) is 0 Å². The number of unbranched alkanes of at least 4 members (excludes halogenated alkanes) is 14. The number of hydrogen-bond donors (Lipinski definition) is 1. The summed E-state index contributed by atoms with van der Waals surface area (Å²) < 4.78 is 1.06. The third kappa shape index (κ3) is 24.3. The Kier molecular flexibility index (Phi) is 22.9. The van der Waals surface area contributed by atoms with Crippen LogP contribution in [0.3, 0.4) is 0 Å². The van der Waals surface area contributed by atoms with Crippen LogP contribution in [0.15, 0.2) is 12.2 Å². The number of nitrogens with two attached hydrogens (primary N) is 1. The van der Waals surface area contributed by atoms with Crippen molar-refractivity contribution in [3.8, 4) is 0 Å². The first kappa shape index (κ1) is 36.0. The van der Waals surface area contributed by atoms with E-state index in [9.17, 15) is 0 Å². The van der Waals surface area contributed by atoms with E-state index in [0.717, 1.165) is 23.7 Å². The van der Waals surface area contributed by atoms with Crippen molar-refractivity contribution < 1.29 is 4.48 Å². The molecule has 2 nitrogen and oxygen atoms in total. The quantitative estimate of drug-likeness (QED) is 0.0491. The first-order valence-corrected chi connectivity index (χ1v) is 18.6. The van der Waals surface area contributed by atoms with Gasteiger partial charge in [-0.15, -0.1) is 13.2 Å². The van der Waals surface area contributed by atoms with Crippen LogP contribution in [-0.2, 0) is 0 Å². The lowest BCUT2D eigenvalue weighted by Gasteiger charge is -2.28. The lowest BCUT2D eigenvalue weighted by molar-refractivity contribution is -0.870. The highest BCUT2D eigenvalue weighted by Gasteiger charge is 2.16. The minimum absolute atomic E-state index is 0.328. The molecule has 0 saturated heterocycles. The SMILES string of the molecule is C=C(CCCCCCCCCCCCCCCCC)CCC(N)CCP(=C)(CC)CCC[N+](C)(C)C. The molecule has 0 aliphatic rings. The van der Waals surface area contributed by atoms with Gasteiger partial charge in [0, 0.05) is 12.5 Å². The van der Waals surface area contributed by atoms with Gasteiger partial charge in [-0.1, -0.05) is 116 Å². The van der Waals surface area contributed by atoms with Gasteiger partial charge in [0.2, 0.25) is 0 Å². The fourth-order valence-electron chi connectivity index (χ4n) is 5.15. The molecule has 0 aliphatic heterocycles. The van der Waals surface area contributed by atoms with Crippen molar-refractivity contribution in [3.05, 3.63) is 12.2 Å². The van der Waals surface area contributed by atoms with Gasteiger partial charge in [-0.3, -0.25) is 0 Å². The van der Waals surface area contributed by atoms with Crippen LogP contribution in [0.25, 0.3) is 0 Å². The fraction of sp³-hybridized carbons (Fsp3) is 0.909. The van der Waals surface area contributed by atoms with Crippen LogP contribution in [0.5, 0.6) is 0 Å². The standard InChI is InChI=1S/C33H70N2P/c1-8-10-11-12-13-14-15-16-17-18-19-20-21-22-23-25-32(3)26-27-33(34)28-31-36(7,9-2)30-24-29-35(4,5)6/h33H,3,7-31,34H2,1-2,4-6H3/q+1. The number of allylic oxidation sites excluding steroid dienone is 1. The molecule has 0 aliphatic carbocycles. The van der Waals surface area contributed by atoms with Crippen molar-refractivity contribution in [3.63, 3.8) is 0 Å². The smallest absolute Gasteiger partial charge is 0.0783 e. The lowest BCUT2D eigenvalue weighted by atomic mass is 9.99. The summed E-state index contributed by atoms with van der Waals surface area (Å²) in [6.07, 6.45) is 35.9. The lowest BCUT2D eigenvalue weighted by Crippen LogP contribution is -2.35. The van der Waals surface area contributed by atoms with E-state index in [1.54, 1.807) is 0 Å².